The number of hydrogen-bond acceptors (Lipinski definition) is 4. The van der Waals surface area contributed by atoms with E-state index in [4.69, 9.17) is 0 Å². The Kier molecular flexibility index (Phi) is 2.33. The van der Waals surface area contributed by atoms with E-state index in [2.05, 4.69) is 29.3 Å². The lowest BCUT2D eigenvalue weighted by Gasteiger charge is -2.42. The van der Waals surface area contributed by atoms with Crippen molar-refractivity contribution in [2.45, 2.75) is 13.0 Å². The van der Waals surface area contributed by atoms with Gasteiger partial charge in [0, 0.05) is 13.1 Å². The molecule has 1 aromatic carbocycles. The van der Waals surface area contributed by atoms with Crippen LogP contribution in [0.25, 0.3) is 0 Å². The molecule has 2 aliphatic rings. The quantitative estimate of drug-likeness (QED) is 0.749. The fourth-order valence-electron chi connectivity index (χ4n) is 2.76. The van der Waals surface area contributed by atoms with Gasteiger partial charge in [-0.05, 0) is 18.6 Å². The number of rotatable bonds is 0. The van der Waals surface area contributed by atoms with Crippen molar-refractivity contribution in [1.82, 2.24) is 0 Å². The average molecular weight is 252 g/mol. The first-order chi connectivity index (χ1) is 8.07. The molecular weight excluding hydrogens is 236 g/mol. The molecule has 0 bridgehead atoms. The van der Waals surface area contributed by atoms with Crippen molar-refractivity contribution in [1.29, 1.82) is 0 Å². The molecule has 0 aromatic heterocycles. The molecule has 1 saturated heterocycles. The third-order valence-electron chi connectivity index (χ3n) is 3.58. The monoisotopic (exact) mass is 252 g/mol. The van der Waals surface area contributed by atoms with Crippen LogP contribution >= 0.6 is 0 Å². The van der Waals surface area contributed by atoms with Gasteiger partial charge in [-0.1, -0.05) is 12.1 Å². The number of para-hydroxylation sites is 1. The first-order valence-corrected chi connectivity index (χ1v) is 7.69. The minimum atomic E-state index is -2.85. The zero-order valence-corrected chi connectivity index (χ0v) is 10.6. The summed E-state index contributed by atoms with van der Waals surface area (Å²) < 4.78 is 23.3. The summed E-state index contributed by atoms with van der Waals surface area (Å²) in [5.41, 5.74) is 3.51. The number of fused-ring (bicyclic) bond motifs is 3. The molecule has 1 fully saturated rings. The SMILES string of the molecule is Cc1cccc2c1N1CCS(=O)(=O)CC1CN2. The minimum absolute atomic E-state index is 0.0855. The van der Waals surface area contributed by atoms with E-state index in [-0.39, 0.29) is 17.5 Å². The van der Waals surface area contributed by atoms with Gasteiger partial charge in [-0.2, -0.15) is 0 Å². The largest absolute Gasteiger partial charge is 0.381 e. The van der Waals surface area contributed by atoms with Crippen molar-refractivity contribution in [3.8, 4) is 0 Å². The molecule has 0 saturated carbocycles. The molecule has 0 amide bonds. The fraction of sp³-hybridized carbons (Fsp3) is 0.500. The predicted molar refractivity (Wildman–Crippen MR) is 69.5 cm³/mol. The zero-order valence-electron chi connectivity index (χ0n) is 9.81. The molecule has 1 N–H and O–H groups in total. The Balaban J connectivity index is 2.03. The Morgan fingerprint density at radius 1 is 1.41 bits per heavy atom. The summed E-state index contributed by atoms with van der Waals surface area (Å²) in [4.78, 5) is 2.25. The van der Waals surface area contributed by atoms with Crippen molar-refractivity contribution in [3.63, 3.8) is 0 Å². The van der Waals surface area contributed by atoms with Crippen molar-refractivity contribution in [2.75, 3.05) is 34.8 Å². The summed E-state index contributed by atoms with van der Waals surface area (Å²) >= 11 is 0. The van der Waals surface area contributed by atoms with Crippen LogP contribution in [-0.4, -0.2) is 39.1 Å². The molecule has 1 unspecified atom stereocenters. The molecule has 1 atom stereocenters. The third kappa shape index (κ3) is 1.78. The fourth-order valence-corrected chi connectivity index (χ4v) is 4.29. The van der Waals surface area contributed by atoms with Gasteiger partial charge >= 0.3 is 0 Å². The molecule has 0 aliphatic carbocycles. The smallest absolute Gasteiger partial charge is 0.154 e. The van der Waals surface area contributed by atoms with Gasteiger partial charge in [-0.3, -0.25) is 0 Å². The highest BCUT2D eigenvalue weighted by Gasteiger charge is 2.35. The molecule has 4 nitrogen and oxygen atoms in total. The molecule has 2 aliphatic heterocycles. The highest BCUT2D eigenvalue weighted by atomic mass is 32.2. The van der Waals surface area contributed by atoms with E-state index < -0.39 is 9.84 Å². The second-order valence-corrected chi connectivity index (χ2v) is 7.04. The summed E-state index contributed by atoms with van der Waals surface area (Å²) in [7, 11) is -2.85. The number of nitrogens with one attached hydrogen (secondary N) is 1. The lowest BCUT2D eigenvalue weighted by atomic mass is 10.1. The summed E-state index contributed by atoms with van der Waals surface area (Å²) in [5, 5.41) is 3.33. The standard InChI is InChI=1S/C12H16N2O2S/c1-9-3-2-4-11-12(9)14-5-6-17(15,16)8-10(14)7-13-11/h2-4,10,13H,5-8H2,1H3. The van der Waals surface area contributed by atoms with Gasteiger partial charge in [0.15, 0.2) is 9.84 Å². The van der Waals surface area contributed by atoms with Gasteiger partial charge in [0.25, 0.3) is 0 Å². The van der Waals surface area contributed by atoms with Gasteiger partial charge in [0.2, 0.25) is 0 Å². The number of hydrogen-bond donors (Lipinski definition) is 1. The van der Waals surface area contributed by atoms with Crippen LogP contribution < -0.4 is 10.2 Å². The van der Waals surface area contributed by atoms with Crippen LogP contribution in [0.5, 0.6) is 0 Å². The first-order valence-electron chi connectivity index (χ1n) is 5.87. The molecule has 0 spiro atoms. The van der Waals surface area contributed by atoms with Crippen LogP contribution in [0, 0.1) is 6.92 Å². The van der Waals surface area contributed by atoms with E-state index in [1.165, 1.54) is 11.3 Å². The van der Waals surface area contributed by atoms with E-state index in [1.54, 1.807) is 0 Å². The number of nitrogens with zero attached hydrogens (tertiary/aromatic N) is 1. The van der Waals surface area contributed by atoms with Crippen LogP contribution in [0.15, 0.2) is 18.2 Å². The Labute approximate surface area is 102 Å². The normalized spacial score (nSPS) is 25.7. The van der Waals surface area contributed by atoms with E-state index in [0.29, 0.717) is 6.54 Å². The van der Waals surface area contributed by atoms with Gasteiger partial charge in [0.1, 0.15) is 0 Å². The van der Waals surface area contributed by atoms with E-state index in [0.717, 1.165) is 12.2 Å². The highest BCUT2D eigenvalue weighted by molar-refractivity contribution is 7.91. The van der Waals surface area contributed by atoms with Gasteiger partial charge < -0.3 is 10.2 Å². The maximum atomic E-state index is 11.6. The number of sulfone groups is 1. The van der Waals surface area contributed by atoms with Crippen LogP contribution in [0.3, 0.4) is 0 Å². The Bertz CT molecular complexity index is 554. The second kappa shape index (κ2) is 3.63. The van der Waals surface area contributed by atoms with Crippen molar-refractivity contribution >= 4 is 21.2 Å². The highest BCUT2D eigenvalue weighted by Crippen LogP contribution is 2.36. The van der Waals surface area contributed by atoms with Gasteiger partial charge in [-0.25, -0.2) is 8.42 Å². The first kappa shape index (κ1) is 10.9. The molecule has 17 heavy (non-hydrogen) atoms. The lowest BCUT2D eigenvalue weighted by Crippen LogP contribution is -2.54. The minimum Gasteiger partial charge on any atom is -0.381 e. The van der Waals surface area contributed by atoms with Crippen molar-refractivity contribution < 1.29 is 8.42 Å². The predicted octanol–water partition coefficient (Wildman–Crippen LogP) is 1.02. The molecule has 1 aromatic rings. The average Bonchev–Trinajstić information content (AvgIpc) is 2.27. The maximum Gasteiger partial charge on any atom is 0.154 e. The summed E-state index contributed by atoms with van der Waals surface area (Å²) in [5.74, 6) is 0.547. The Morgan fingerprint density at radius 2 is 2.24 bits per heavy atom. The molecule has 0 radical (unpaired) electrons. The third-order valence-corrected chi connectivity index (χ3v) is 5.28. The van der Waals surface area contributed by atoms with E-state index >= 15 is 0 Å². The number of benzene rings is 1. The lowest BCUT2D eigenvalue weighted by molar-refractivity contribution is 0.559. The molecular formula is C12H16N2O2S. The summed E-state index contributed by atoms with van der Waals surface area (Å²) in [6.45, 7) is 3.41. The molecule has 2 heterocycles. The molecule has 3 rings (SSSR count). The van der Waals surface area contributed by atoms with Crippen molar-refractivity contribution in [2.24, 2.45) is 0 Å². The second-order valence-electron chi connectivity index (χ2n) is 4.81. The van der Waals surface area contributed by atoms with Crippen LogP contribution in [0.4, 0.5) is 11.4 Å². The molecule has 92 valence electrons. The maximum absolute atomic E-state index is 11.6. The van der Waals surface area contributed by atoms with Crippen LogP contribution in [0.1, 0.15) is 5.56 Å². The van der Waals surface area contributed by atoms with Gasteiger partial charge in [0.05, 0.1) is 28.9 Å². The van der Waals surface area contributed by atoms with Crippen molar-refractivity contribution in [3.05, 3.63) is 23.8 Å². The Morgan fingerprint density at radius 3 is 3.06 bits per heavy atom. The van der Waals surface area contributed by atoms with Gasteiger partial charge in [-0.15, -0.1) is 0 Å². The Hall–Kier alpha value is -1.23. The topological polar surface area (TPSA) is 49.4 Å². The van der Waals surface area contributed by atoms with Crippen LogP contribution in [-0.2, 0) is 9.84 Å². The van der Waals surface area contributed by atoms with E-state index in [1.807, 2.05) is 6.07 Å². The zero-order chi connectivity index (χ0) is 12.0. The summed E-state index contributed by atoms with van der Waals surface area (Å²) in [6.07, 6.45) is 0. The molecule has 5 heteroatoms. The van der Waals surface area contributed by atoms with Crippen LogP contribution in [0.2, 0.25) is 0 Å². The van der Waals surface area contributed by atoms with E-state index in [9.17, 15) is 8.42 Å². The number of anilines is 2. The summed E-state index contributed by atoms with van der Waals surface area (Å²) in [6, 6.07) is 6.25. The number of aryl methyl sites for hydroxylation is 1.